The third-order valence-corrected chi connectivity index (χ3v) is 6.28. The quantitative estimate of drug-likeness (QED) is 0.847. The first kappa shape index (κ1) is 17.1. The molecule has 0 unspecified atom stereocenters. The van der Waals surface area contributed by atoms with E-state index in [2.05, 4.69) is 21.2 Å². The normalized spacial score (nSPS) is 18.6. The molecular weight excluding hydrogens is 392 g/mol. The number of halogens is 1. The highest BCUT2D eigenvalue weighted by molar-refractivity contribution is 9.10. The van der Waals surface area contributed by atoms with E-state index in [-0.39, 0.29) is 18.2 Å². The molecule has 1 aliphatic rings. The molecule has 0 spiro atoms. The van der Waals surface area contributed by atoms with Crippen molar-refractivity contribution in [3.8, 4) is 0 Å². The van der Waals surface area contributed by atoms with Crippen LogP contribution >= 0.6 is 15.9 Å². The van der Waals surface area contributed by atoms with Gasteiger partial charge in [-0.25, -0.2) is 8.42 Å². The summed E-state index contributed by atoms with van der Waals surface area (Å²) in [5.41, 5.74) is 2.20. The van der Waals surface area contributed by atoms with Crippen molar-refractivity contribution in [1.29, 1.82) is 0 Å². The van der Waals surface area contributed by atoms with E-state index in [1.165, 1.54) is 4.31 Å². The van der Waals surface area contributed by atoms with E-state index >= 15 is 0 Å². The van der Waals surface area contributed by atoms with Crippen molar-refractivity contribution in [2.24, 2.45) is 0 Å². The summed E-state index contributed by atoms with van der Waals surface area (Å²) >= 11 is 3.44. The monoisotopic (exact) mass is 408 g/mol. The van der Waals surface area contributed by atoms with Crippen LogP contribution in [0.5, 0.6) is 0 Å². The number of hydrogen-bond donors (Lipinski definition) is 1. The van der Waals surface area contributed by atoms with E-state index < -0.39 is 16.1 Å². The maximum Gasteiger partial charge on any atom is 0.239 e. The van der Waals surface area contributed by atoms with E-state index in [1.807, 2.05) is 42.5 Å². The summed E-state index contributed by atoms with van der Waals surface area (Å²) < 4.78 is 27.4. The summed E-state index contributed by atoms with van der Waals surface area (Å²) in [6.45, 7) is 1.38. The molecule has 2 aromatic rings. The maximum atomic E-state index is 12.7. The average molecular weight is 409 g/mol. The van der Waals surface area contributed by atoms with Crippen molar-refractivity contribution in [3.05, 3.63) is 64.1 Å². The van der Waals surface area contributed by atoms with Crippen LogP contribution in [-0.2, 0) is 14.8 Å². The molecular formula is C17H17BrN2O3S. The van der Waals surface area contributed by atoms with Crippen molar-refractivity contribution in [1.82, 2.24) is 4.31 Å². The zero-order chi connectivity index (χ0) is 17.3. The van der Waals surface area contributed by atoms with Gasteiger partial charge in [-0.2, -0.15) is 4.31 Å². The minimum atomic E-state index is -3.57. The van der Waals surface area contributed by atoms with Crippen molar-refractivity contribution in [2.45, 2.75) is 13.0 Å². The van der Waals surface area contributed by atoms with E-state index in [1.54, 1.807) is 13.0 Å². The topological polar surface area (TPSA) is 66.5 Å². The van der Waals surface area contributed by atoms with Gasteiger partial charge < -0.3 is 5.32 Å². The van der Waals surface area contributed by atoms with Gasteiger partial charge in [0.1, 0.15) is 0 Å². The Morgan fingerprint density at radius 1 is 1.21 bits per heavy atom. The second kappa shape index (κ2) is 6.66. The molecule has 0 bridgehead atoms. The van der Waals surface area contributed by atoms with Gasteiger partial charge in [-0.15, -0.1) is 0 Å². The molecule has 7 heteroatoms. The zero-order valence-electron chi connectivity index (χ0n) is 13.1. The summed E-state index contributed by atoms with van der Waals surface area (Å²) in [7, 11) is -3.57. The molecule has 0 aromatic heterocycles. The van der Waals surface area contributed by atoms with Gasteiger partial charge in [0.05, 0.1) is 18.3 Å². The molecule has 1 N–H and O–H groups in total. The van der Waals surface area contributed by atoms with Gasteiger partial charge in [0.15, 0.2) is 0 Å². The molecule has 0 aliphatic carbocycles. The highest BCUT2D eigenvalue weighted by Gasteiger charge is 2.36. The van der Waals surface area contributed by atoms with Crippen LogP contribution in [0.2, 0.25) is 0 Å². The molecule has 0 fully saturated rings. The Kier molecular flexibility index (Phi) is 4.76. The lowest BCUT2D eigenvalue weighted by atomic mass is 9.97. The Bertz CT molecular complexity index is 869. The molecule has 0 radical (unpaired) electrons. The molecule has 0 saturated heterocycles. The molecule has 0 saturated carbocycles. The number of nitrogens with one attached hydrogen (secondary N) is 1. The second-order valence-electron chi connectivity index (χ2n) is 5.54. The number of benzene rings is 2. The molecule has 24 heavy (non-hydrogen) atoms. The minimum absolute atomic E-state index is 0.0625. The number of hydrogen-bond acceptors (Lipinski definition) is 3. The Balaban J connectivity index is 2.27. The van der Waals surface area contributed by atoms with E-state index in [4.69, 9.17) is 0 Å². The maximum absolute atomic E-state index is 12.7. The van der Waals surface area contributed by atoms with Crippen LogP contribution in [0, 0.1) is 0 Å². The van der Waals surface area contributed by atoms with Crippen LogP contribution in [-0.4, -0.2) is 30.9 Å². The summed E-state index contributed by atoms with van der Waals surface area (Å²) in [6.07, 6.45) is 0. The molecule has 126 valence electrons. The van der Waals surface area contributed by atoms with Gasteiger partial charge in [-0.3, -0.25) is 4.79 Å². The third-order valence-electron chi connectivity index (χ3n) is 4.01. The van der Waals surface area contributed by atoms with Crippen molar-refractivity contribution < 1.29 is 13.2 Å². The number of fused-ring (bicyclic) bond motifs is 1. The number of carbonyl (C=O) groups excluding carboxylic acids is 1. The Hall–Kier alpha value is -1.70. The lowest BCUT2D eigenvalue weighted by molar-refractivity contribution is -0.116. The van der Waals surface area contributed by atoms with Crippen LogP contribution in [0.25, 0.3) is 0 Å². The molecule has 1 heterocycles. The predicted molar refractivity (Wildman–Crippen MR) is 97.2 cm³/mol. The SMILES string of the molecule is CCS(=O)(=O)N1CC(=O)Nc2ccc(Br)cc2[C@@H]1c1ccccc1. The van der Waals surface area contributed by atoms with Gasteiger partial charge in [0, 0.05) is 10.2 Å². The number of rotatable bonds is 3. The standard InChI is InChI=1S/C17H17BrN2O3S/c1-2-24(22,23)20-11-16(21)19-15-9-8-13(18)10-14(15)17(20)12-6-4-3-5-7-12/h3-10,17H,2,11H2,1H3,(H,19,21)/t17-/m0/s1. The molecule has 2 aromatic carbocycles. The molecule has 1 amide bonds. The van der Waals surface area contributed by atoms with Gasteiger partial charge in [0.25, 0.3) is 0 Å². The third kappa shape index (κ3) is 3.24. The first-order valence-corrected chi connectivity index (χ1v) is 9.96. The molecule has 1 aliphatic heterocycles. The van der Waals surface area contributed by atoms with Gasteiger partial charge >= 0.3 is 0 Å². The number of nitrogens with zero attached hydrogens (tertiary/aromatic N) is 1. The van der Waals surface area contributed by atoms with Crippen molar-refractivity contribution in [2.75, 3.05) is 17.6 Å². The Morgan fingerprint density at radius 3 is 2.58 bits per heavy atom. The van der Waals surface area contributed by atoms with E-state index in [9.17, 15) is 13.2 Å². The molecule has 3 rings (SSSR count). The molecule has 1 atom stereocenters. The second-order valence-corrected chi connectivity index (χ2v) is 8.66. The smallest absolute Gasteiger partial charge is 0.239 e. The summed E-state index contributed by atoms with van der Waals surface area (Å²) in [5.74, 6) is -0.401. The number of carbonyl (C=O) groups is 1. The van der Waals surface area contributed by atoms with Gasteiger partial charge in [0.2, 0.25) is 15.9 Å². The fourth-order valence-electron chi connectivity index (χ4n) is 2.86. The van der Waals surface area contributed by atoms with Crippen molar-refractivity contribution in [3.63, 3.8) is 0 Å². The Labute approximate surface area is 149 Å². The average Bonchev–Trinajstić information content (AvgIpc) is 2.71. The van der Waals surface area contributed by atoms with Crippen LogP contribution in [0.15, 0.2) is 53.0 Å². The first-order chi connectivity index (χ1) is 11.4. The highest BCUT2D eigenvalue weighted by atomic mass is 79.9. The minimum Gasteiger partial charge on any atom is -0.325 e. The predicted octanol–water partition coefficient (Wildman–Crippen LogP) is 3.14. The Morgan fingerprint density at radius 2 is 1.92 bits per heavy atom. The number of sulfonamides is 1. The van der Waals surface area contributed by atoms with E-state index in [0.29, 0.717) is 5.69 Å². The van der Waals surface area contributed by atoms with Crippen LogP contribution in [0.1, 0.15) is 24.1 Å². The summed E-state index contributed by atoms with van der Waals surface area (Å²) in [5, 5.41) is 2.81. The number of anilines is 1. The zero-order valence-corrected chi connectivity index (χ0v) is 15.5. The number of amides is 1. The summed E-state index contributed by atoms with van der Waals surface area (Å²) in [4.78, 5) is 12.3. The first-order valence-electron chi connectivity index (χ1n) is 7.56. The lowest BCUT2D eigenvalue weighted by Gasteiger charge is -2.29. The largest absolute Gasteiger partial charge is 0.325 e. The van der Waals surface area contributed by atoms with Gasteiger partial charge in [-0.05, 0) is 36.2 Å². The fourth-order valence-corrected chi connectivity index (χ4v) is 4.44. The lowest BCUT2D eigenvalue weighted by Crippen LogP contribution is -2.39. The van der Waals surface area contributed by atoms with E-state index in [0.717, 1.165) is 15.6 Å². The fraction of sp³-hybridized carbons (Fsp3) is 0.235. The summed E-state index contributed by atoms with van der Waals surface area (Å²) in [6, 6.07) is 14.3. The van der Waals surface area contributed by atoms with Crippen LogP contribution < -0.4 is 5.32 Å². The van der Waals surface area contributed by atoms with Crippen LogP contribution in [0.4, 0.5) is 5.69 Å². The van der Waals surface area contributed by atoms with Crippen molar-refractivity contribution >= 4 is 37.5 Å². The van der Waals surface area contributed by atoms with Gasteiger partial charge in [-0.1, -0.05) is 46.3 Å². The molecule has 5 nitrogen and oxygen atoms in total. The van der Waals surface area contributed by atoms with Crippen LogP contribution in [0.3, 0.4) is 0 Å². The highest BCUT2D eigenvalue weighted by Crippen LogP contribution is 2.38.